The third kappa shape index (κ3) is 1.26. The van der Waals surface area contributed by atoms with Gasteiger partial charge >= 0.3 is 11.2 Å². The molecule has 0 aliphatic carbocycles. The van der Waals surface area contributed by atoms with Crippen LogP contribution >= 0.6 is 0 Å². The van der Waals surface area contributed by atoms with Crippen LogP contribution in [-0.4, -0.2) is 10.1 Å². The van der Waals surface area contributed by atoms with Gasteiger partial charge in [-0.25, -0.2) is 0 Å². The van der Waals surface area contributed by atoms with Crippen molar-refractivity contribution in [3.63, 3.8) is 0 Å². The second-order valence-electron chi connectivity index (χ2n) is 2.68. The highest BCUT2D eigenvalue weighted by Crippen LogP contribution is 2.29. The van der Waals surface area contributed by atoms with Gasteiger partial charge < -0.3 is 5.21 Å². The van der Waals surface area contributed by atoms with Crippen molar-refractivity contribution in [2.75, 3.05) is 0 Å². The molecule has 10 heteroatoms. The summed E-state index contributed by atoms with van der Waals surface area (Å²) in [6.45, 7) is 0. The van der Waals surface area contributed by atoms with Gasteiger partial charge in [-0.3, -0.25) is 14.7 Å². The molecule has 0 aliphatic rings. The van der Waals surface area contributed by atoms with Crippen molar-refractivity contribution in [2.45, 2.75) is 0 Å². The lowest BCUT2D eigenvalue weighted by atomic mass is 10.2. The lowest BCUT2D eigenvalue weighted by Gasteiger charge is -1.92. The quantitative estimate of drug-likeness (QED) is 0.188. The van der Waals surface area contributed by atoms with Crippen LogP contribution in [0.5, 0.6) is 0 Å². The Kier molecular flexibility index (Phi) is 2.04. The first-order valence-electron chi connectivity index (χ1n) is 3.87. The predicted molar refractivity (Wildman–Crippen MR) is 48.4 cm³/mol. The van der Waals surface area contributed by atoms with E-state index in [-0.39, 0.29) is 21.6 Å². The number of benzene rings is 1. The van der Waals surface area contributed by atoms with Crippen molar-refractivity contribution in [1.82, 2.24) is 5.16 Å². The molecular weight excluding hydrogens is 220 g/mol. The maximum absolute atomic E-state index is 11.1. The standard InChI is InChI=1S/C6H2N6O4/c7-10-8-3-1-2-4(11(13)14)5-6(3)12(15)16-9-5/h1-2H. The number of aromatic nitrogens is 2. The zero-order chi connectivity index (χ0) is 11.7. The molecule has 2 rings (SSSR count). The SMILES string of the molecule is [N-]=[N+]=Nc1ccc([N+](=O)[O-])c2no[n+]([O-])c12. The number of azide groups is 1. The molecule has 0 radical (unpaired) electrons. The molecule has 80 valence electrons. The molecule has 0 bridgehead atoms. The molecule has 16 heavy (non-hydrogen) atoms. The minimum absolute atomic E-state index is 0.0493. The largest absolute Gasteiger partial charge is 0.359 e. The van der Waals surface area contributed by atoms with Gasteiger partial charge in [-0.1, -0.05) is 5.11 Å². The van der Waals surface area contributed by atoms with Crippen LogP contribution in [0.25, 0.3) is 21.5 Å². The van der Waals surface area contributed by atoms with Crippen LogP contribution < -0.4 is 4.90 Å². The summed E-state index contributed by atoms with van der Waals surface area (Å²) in [5.74, 6) is 0. The molecule has 1 heterocycles. The maximum Gasteiger partial charge on any atom is 0.327 e. The summed E-state index contributed by atoms with van der Waals surface area (Å²) in [4.78, 5) is 12.3. The zero-order valence-corrected chi connectivity index (χ0v) is 7.47. The maximum atomic E-state index is 11.1. The molecular formula is C6H2N6O4. The van der Waals surface area contributed by atoms with E-state index in [2.05, 4.69) is 19.8 Å². The monoisotopic (exact) mass is 222 g/mol. The predicted octanol–water partition coefficient (Wildman–Crippen LogP) is 1.31. The van der Waals surface area contributed by atoms with Crippen LogP contribution in [0.15, 0.2) is 21.9 Å². The first-order valence-corrected chi connectivity index (χ1v) is 3.87. The van der Waals surface area contributed by atoms with Crippen LogP contribution in [0.1, 0.15) is 0 Å². The van der Waals surface area contributed by atoms with E-state index < -0.39 is 10.6 Å². The number of non-ortho nitro benzene ring substituents is 1. The van der Waals surface area contributed by atoms with E-state index >= 15 is 0 Å². The van der Waals surface area contributed by atoms with Crippen LogP contribution in [0.2, 0.25) is 0 Å². The number of rotatable bonds is 2. The normalized spacial score (nSPS) is 10.0. The Morgan fingerprint density at radius 1 is 1.62 bits per heavy atom. The van der Waals surface area contributed by atoms with E-state index in [9.17, 15) is 15.3 Å². The van der Waals surface area contributed by atoms with E-state index in [1.54, 1.807) is 0 Å². The molecule has 0 unspecified atom stereocenters. The molecule has 1 aromatic carbocycles. The number of hydrogen-bond donors (Lipinski definition) is 0. The van der Waals surface area contributed by atoms with Crippen LogP contribution in [0.4, 0.5) is 11.4 Å². The van der Waals surface area contributed by atoms with Gasteiger partial charge in [0.25, 0.3) is 0 Å². The van der Waals surface area contributed by atoms with Gasteiger partial charge in [0.2, 0.25) is 5.52 Å². The molecule has 2 aromatic rings. The molecule has 1 aromatic heterocycles. The summed E-state index contributed by atoms with van der Waals surface area (Å²) in [6.07, 6.45) is 0. The second kappa shape index (κ2) is 3.37. The Morgan fingerprint density at radius 3 is 3.00 bits per heavy atom. The smallest absolute Gasteiger partial charge is 0.327 e. The Morgan fingerprint density at radius 2 is 2.38 bits per heavy atom. The van der Waals surface area contributed by atoms with Crippen molar-refractivity contribution in [3.05, 3.63) is 37.9 Å². The summed E-state index contributed by atoms with van der Waals surface area (Å²) in [5.41, 5.74) is 7.24. The van der Waals surface area contributed by atoms with Gasteiger partial charge in [-0.15, -0.1) is 0 Å². The van der Waals surface area contributed by atoms with Crippen molar-refractivity contribution in [2.24, 2.45) is 5.11 Å². The Bertz CT molecular complexity index is 627. The number of nitro benzene ring substituents is 1. The molecule has 0 N–H and O–H groups in total. The number of nitro groups is 1. The summed E-state index contributed by atoms with van der Waals surface area (Å²) in [5, 5.41) is 28.2. The highest BCUT2D eigenvalue weighted by Gasteiger charge is 2.25. The summed E-state index contributed by atoms with van der Waals surface area (Å²) < 4.78 is 4.22. The average molecular weight is 222 g/mol. The highest BCUT2D eigenvalue weighted by molar-refractivity contribution is 5.89. The fourth-order valence-corrected chi connectivity index (χ4v) is 1.22. The summed E-state index contributed by atoms with van der Waals surface area (Å²) in [7, 11) is 0. The minimum Gasteiger partial charge on any atom is -0.359 e. The van der Waals surface area contributed by atoms with Crippen molar-refractivity contribution >= 4 is 22.4 Å². The zero-order valence-electron chi connectivity index (χ0n) is 7.47. The molecule has 0 amide bonds. The van der Waals surface area contributed by atoms with Crippen molar-refractivity contribution in [1.29, 1.82) is 0 Å². The molecule has 10 nitrogen and oxygen atoms in total. The number of nitrogens with zero attached hydrogens (tertiary/aromatic N) is 6. The first kappa shape index (κ1) is 9.68. The molecule has 0 fully saturated rings. The number of hydrogen-bond acceptors (Lipinski definition) is 6. The van der Waals surface area contributed by atoms with Crippen LogP contribution in [0, 0.1) is 15.3 Å². The second-order valence-corrected chi connectivity index (χ2v) is 2.68. The van der Waals surface area contributed by atoms with E-state index in [0.717, 1.165) is 12.1 Å². The molecule has 0 saturated carbocycles. The molecule has 0 atom stereocenters. The Balaban J connectivity index is 2.89. The fraction of sp³-hybridized carbons (Fsp3) is 0. The molecule has 0 aliphatic heterocycles. The summed E-state index contributed by atoms with van der Waals surface area (Å²) >= 11 is 0. The van der Waals surface area contributed by atoms with E-state index in [4.69, 9.17) is 5.53 Å². The van der Waals surface area contributed by atoms with Crippen molar-refractivity contribution in [3.8, 4) is 0 Å². The van der Waals surface area contributed by atoms with E-state index in [1.165, 1.54) is 0 Å². The van der Waals surface area contributed by atoms with Gasteiger partial charge in [0.15, 0.2) is 0 Å². The van der Waals surface area contributed by atoms with Gasteiger partial charge in [0, 0.05) is 11.0 Å². The average Bonchev–Trinajstić information content (AvgIpc) is 2.62. The molecule has 0 spiro atoms. The van der Waals surface area contributed by atoms with Gasteiger partial charge in [0.05, 0.1) is 15.8 Å². The third-order valence-electron chi connectivity index (χ3n) is 1.85. The van der Waals surface area contributed by atoms with Crippen LogP contribution in [-0.2, 0) is 0 Å². The van der Waals surface area contributed by atoms with Crippen LogP contribution in [0.3, 0.4) is 0 Å². The lowest BCUT2D eigenvalue weighted by molar-refractivity contribution is -0.782. The first-order chi connectivity index (χ1) is 7.65. The van der Waals surface area contributed by atoms with Gasteiger partial charge in [-0.2, -0.15) is 0 Å². The van der Waals surface area contributed by atoms with Crippen molar-refractivity contribution < 1.29 is 14.5 Å². The third-order valence-corrected chi connectivity index (χ3v) is 1.85. The minimum atomic E-state index is -0.718. The lowest BCUT2D eigenvalue weighted by Crippen LogP contribution is -2.22. The van der Waals surface area contributed by atoms with E-state index in [1.807, 2.05) is 0 Å². The molecule has 0 saturated heterocycles. The Hall–Kier alpha value is -2.87. The fourth-order valence-electron chi connectivity index (χ4n) is 1.22. The van der Waals surface area contributed by atoms with E-state index in [0.29, 0.717) is 0 Å². The summed E-state index contributed by atoms with van der Waals surface area (Å²) in [6, 6.07) is 2.22. The number of fused-ring (bicyclic) bond motifs is 1. The Labute approximate surface area is 86.0 Å². The topological polar surface area (TPSA) is 145 Å². The highest BCUT2D eigenvalue weighted by atomic mass is 16.8. The van der Waals surface area contributed by atoms with Gasteiger partial charge in [-0.05, 0) is 16.5 Å². The van der Waals surface area contributed by atoms with Gasteiger partial charge in [0.1, 0.15) is 0 Å².